The molecule has 1 aromatic heterocycles. The molecule has 0 aliphatic carbocycles. The van der Waals surface area contributed by atoms with Crippen molar-refractivity contribution in [2.24, 2.45) is 0 Å². The monoisotopic (exact) mass is 367 g/mol. The van der Waals surface area contributed by atoms with Crippen LogP contribution in [0.25, 0.3) is 0 Å². The molecule has 1 aromatic carbocycles. The van der Waals surface area contributed by atoms with Gasteiger partial charge in [0.25, 0.3) is 0 Å². The van der Waals surface area contributed by atoms with Gasteiger partial charge in [-0.1, -0.05) is 30.3 Å². The highest BCUT2D eigenvalue weighted by Gasteiger charge is 2.24. The Morgan fingerprint density at radius 1 is 1.04 bits per heavy atom. The maximum atomic E-state index is 12.4. The molecule has 142 valence electrons. The van der Waals surface area contributed by atoms with Crippen molar-refractivity contribution in [1.29, 1.82) is 0 Å². The Labute approximate surface area is 159 Å². The van der Waals surface area contributed by atoms with E-state index in [2.05, 4.69) is 32.7 Å². The Morgan fingerprint density at radius 3 is 2.37 bits per heavy atom. The summed E-state index contributed by atoms with van der Waals surface area (Å²) in [7, 11) is 0. The Morgan fingerprint density at radius 2 is 1.70 bits per heavy atom. The molecule has 7 nitrogen and oxygen atoms in total. The number of rotatable bonds is 5. The third kappa shape index (κ3) is 5.52. The molecule has 2 heterocycles. The van der Waals surface area contributed by atoms with E-state index in [1.165, 1.54) is 5.56 Å². The quantitative estimate of drug-likeness (QED) is 0.847. The zero-order valence-corrected chi connectivity index (χ0v) is 15.5. The summed E-state index contributed by atoms with van der Waals surface area (Å²) >= 11 is 0. The second kappa shape index (κ2) is 9.14. The second-order valence-corrected chi connectivity index (χ2v) is 6.65. The molecule has 0 saturated carbocycles. The summed E-state index contributed by atoms with van der Waals surface area (Å²) in [5, 5.41) is 5.54. The summed E-state index contributed by atoms with van der Waals surface area (Å²) < 4.78 is 0. The standard InChI is InChI=1S/C20H25N5O2/c1-16(19(26)23-18-7-9-21-10-8-18)22-20(27)25-13-11-24(12-14-25)15-17-5-3-2-4-6-17/h2-10,16H,11-15H2,1H3,(H,22,27)(H,21,23,26)/t16-/m1/s1. The van der Waals surface area contributed by atoms with Crippen molar-refractivity contribution in [3.63, 3.8) is 0 Å². The average Bonchev–Trinajstić information content (AvgIpc) is 2.70. The number of hydrogen-bond donors (Lipinski definition) is 2. The van der Waals surface area contributed by atoms with Crippen molar-refractivity contribution < 1.29 is 9.59 Å². The maximum Gasteiger partial charge on any atom is 0.318 e. The average molecular weight is 367 g/mol. The Bertz CT molecular complexity index is 745. The number of carbonyl (C=O) groups is 2. The van der Waals surface area contributed by atoms with Gasteiger partial charge in [-0.05, 0) is 24.6 Å². The lowest BCUT2D eigenvalue weighted by molar-refractivity contribution is -0.117. The summed E-state index contributed by atoms with van der Waals surface area (Å²) in [6.07, 6.45) is 3.21. The first-order valence-electron chi connectivity index (χ1n) is 9.14. The fourth-order valence-electron chi connectivity index (χ4n) is 2.98. The first kappa shape index (κ1) is 18.8. The van der Waals surface area contributed by atoms with E-state index in [0.717, 1.165) is 19.6 Å². The zero-order chi connectivity index (χ0) is 19.1. The normalized spacial score (nSPS) is 15.8. The molecule has 3 amide bonds. The van der Waals surface area contributed by atoms with Crippen molar-refractivity contribution in [3.8, 4) is 0 Å². The first-order valence-corrected chi connectivity index (χ1v) is 9.14. The number of pyridine rings is 1. The number of benzene rings is 1. The van der Waals surface area contributed by atoms with E-state index in [1.807, 2.05) is 18.2 Å². The number of aromatic nitrogens is 1. The second-order valence-electron chi connectivity index (χ2n) is 6.65. The van der Waals surface area contributed by atoms with Gasteiger partial charge >= 0.3 is 6.03 Å². The van der Waals surface area contributed by atoms with Gasteiger partial charge in [0.2, 0.25) is 5.91 Å². The molecule has 27 heavy (non-hydrogen) atoms. The molecule has 1 fully saturated rings. The number of nitrogens with zero attached hydrogens (tertiary/aromatic N) is 3. The largest absolute Gasteiger partial charge is 0.326 e. The van der Waals surface area contributed by atoms with E-state index < -0.39 is 6.04 Å². The third-order valence-electron chi connectivity index (χ3n) is 4.59. The molecule has 3 rings (SSSR count). The van der Waals surface area contributed by atoms with Crippen molar-refractivity contribution >= 4 is 17.6 Å². The molecule has 1 aliphatic heterocycles. The predicted octanol–water partition coefficient (Wildman–Crippen LogP) is 1.94. The molecule has 1 aliphatic rings. The number of urea groups is 1. The molecule has 0 unspecified atom stereocenters. The molecule has 0 radical (unpaired) electrons. The zero-order valence-electron chi connectivity index (χ0n) is 15.5. The molecule has 1 saturated heterocycles. The van der Waals surface area contributed by atoms with Gasteiger partial charge in [0.05, 0.1) is 0 Å². The van der Waals surface area contributed by atoms with E-state index in [4.69, 9.17) is 0 Å². The topological polar surface area (TPSA) is 77.6 Å². The third-order valence-corrected chi connectivity index (χ3v) is 4.59. The SMILES string of the molecule is C[C@@H](NC(=O)N1CCN(Cc2ccccc2)CC1)C(=O)Nc1ccncc1. The highest BCUT2D eigenvalue weighted by atomic mass is 16.2. The van der Waals surface area contributed by atoms with Gasteiger partial charge in [0.1, 0.15) is 6.04 Å². The minimum Gasteiger partial charge on any atom is -0.326 e. The molecular weight excluding hydrogens is 342 g/mol. The number of nitrogens with one attached hydrogen (secondary N) is 2. The number of carbonyl (C=O) groups excluding carboxylic acids is 2. The van der Waals surface area contributed by atoms with Gasteiger partial charge in [0, 0.05) is 50.8 Å². The minimum absolute atomic E-state index is 0.202. The Kier molecular flexibility index (Phi) is 6.38. The van der Waals surface area contributed by atoms with E-state index >= 15 is 0 Å². The van der Waals surface area contributed by atoms with Crippen LogP contribution < -0.4 is 10.6 Å². The lowest BCUT2D eigenvalue weighted by Gasteiger charge is -2.35. The van der Waals surface area contributed by atoms with Crippen LogP contribution >= 0.6 is 0 Å². The molecule has 7 heteroatoms. The maximum absolute atomic E-state index is 12.4. The van der Waals surface area contributed by atoms with Crippen molar-refractivity contribution in [2.75, 3.05) is 31.5 Å². The highest BCUT2D eigenvalue weighted by molar-refractivity contribution is 5.96. The number of hydrogen-bond acceptors (Lipinski definition) is 4. The van der Waals surface area contributed by atoms with Gasteiger partial charge in [-0.25, -0.2) is 4.79 Å². The van der Waals surface area contributed by atoms with Crippen LogP contribution in [0.15, 0.2) is 54.9 Å². The summed E-state index contributed by atoms with van der Waals surface area (Å²) in [6.45, 7) is 5.51. The molecule has 2 N–H and O–H groups in total. The predicted molar refractivity (Wildman–Crippen MR) is 104 cm³/mol. The van der Waals surface area contributed by atoms with Gasteiger partial charge in [-0.2, -0.15) is 0 Å². The summed E-state index contributed by atoms with van der Waals surface area (Å²) in [5.74, 6) is -0.253. The summed E-state index contributed by atoms with van der Waals surface area (Å²) in [6, 6.07) is 12.9. The Hall–Kier alpha value is -2.93. The van der Waals surface area contributed by atoms with Crippen LogP contribution in [0, 0.1) is 0 Å². The summed E-state index contributed by atoms with van der Waals surface area (Å²) in [4.78, 5) is 32.7. The van der Waals surface area contributed by atoms with Crippen LogP contribution in [0.3, 0.4) is 0 Å². The van der Waals surface area contributed by atoms with E-state index in [0.29, 0.717) is 18.8 Å². The number of anilines is 1. The van der Waals surface area contributed by atoms with Crippen molar-refractivity contribution in [1.82, 2.24) is 20.1 Å². The highest BCUT2D eigenvalue weighted by Crippen LogP contribution is 2.09. The Balaban J connectivity index is 1.43. The number of piperazine rings is 1. The number of amides is 3. The van der Waals surface area contributed by atoms with E-state index in [-0.39, 0.29) is 11.9 Å². The van der Waals surface area contributed by atoms with Crippen LogP contribution in [-0.4, -0.2) is 58.9 Å². The summed E-state index contributed by atoms with van der Waals surface area (Å²) in [5.41, 5.74) is 1.93. The molecular formula is C20H25N5O2. The molecule has 0 bridgehead atoms. The van der Waals surface area contributed by atoms with Gasteiger partial charge in [-0.15, -0.1) is 0 Å². The van der Waals surface area contributed by atoms with Crippen LogP contribution in [-0.2, 0) is 11.3 Å². The molecule has 2 aromatic rings. The van der Waals surface area contributed by atoms with E-state index in [1.54, 1.807) is 36.4 Å². The fourth-order valence-corrected chi connectivity index (χ4v) is 2.98. The smallest absolute Gasteiger partial charge is 0.318 e. The van der Waals surface area contributed by atoms with E-state index in [9.17, 15) is 9.59 Å². The molecule has 1 atom stereocenters. The van der Waals surface area contributed by atoms with Gasteiger partial charge < -0.3 is 15.5 Å². The fraction of sp³-hybridized carbons (Fsp3) is 0.350. The van der Waals surface area contributed by atoms with Crippen LogP contribution in [0.1, 0.15) is 12.5 Å². The first-order chi connectivity index (χ1) is 13.1. The van der Waals surface area contributed by atoms with Gasteiger partial charge in [-0.3, -0.25) is 14.7 Å². The van der Waals surface area contributed by atoms with Crippen LogP contribution in [0.2, 0.25) is 0 Å². The lowest BCUT2D eigenvalue weighted by atomic mass is 10.2. The van der Waals surface area contributed by atoms with Crippen molar-refractivity contribution in [2.45, 2.75) is 19.5 Å². The van der Waals surface area contributed by atoms with Gasteiger partial charge in [0.15, 0.2) is 0 Å². The lowest BCUT2D eigenvalue weighted by Crippen LogP contribution is -2.54. The van der Waals surface area contributed by atoms with Crippen LogP contribution in [0.4, 0.5) is 10.5 Å². The van der Waals surface area contributed by atoms with Crippen LogP contribution in [0.5, 0.6) is 0 Å². The van der Waals surface area contributed by atoms with Crippen molar-refractivity contribution in [3.05, 3.63) is 60.4 Å². The minimum atomic E-state index is -0.618. The molecule has 0 spiro atoms.